The van der Waals surface area contributed by atoms with Gasteiger partial charge in [-0.05, 0) is 64.3 Å². The van der Waals surface area contributed by atoms with E-state index < -0.39 is 28.9 Å². The highest BCUT2D eigenvalue weighted by Crippen LogP contribution is 2.53. The minimum Gasteiger partial charge on any atom is -0.507 e. The second-order valence-corrected chi connectivity index (χ2v) is 9.06. The molecule has 2 amide bonds. The summed E-state index contributed by atoms with van der Waals surface area (Å²) in [5.74, 6) is -1.93. The normalized spacial score (nSPS) is 20.5. The number of rotatable bonds is 9. The van der Waals surface area contributed by atoms with Gasteiger partial charge in [-0.25, -0.2) is 0 Å². The molecular formula is C28H31N3O5. The first-order valence-corrected chi connectivity index (χ1v) is 12.0. The Hall–Kier alpha value is -3.91. The van der Waals surface area contributed by atoms with Gasteiger partial charge in [0.25, 0.3) is 17.6 Å². The number of amides is 2. The fourth-order valence-electron chi connectivity index (χ4n) is 5.04. The number of carbonyl (C=O) groups is 3. The molecule has 0 radical (unpaired) electrons. The van der Waals surface area contributed by atoms with Crippen LogP contribution in [0.25, 0.3) is 5.76 Å². The van der Waals surface area contributed by atoms with Crippen LogP contribution in [0, 0.1) is 0 Å². The lowest BCUT2D eigenvalue weighted by molar-refractivity contribution is -0.143. The van der Waals surface area contributed by atoms with Crippen molar-refractivity contribution in [1.29, 1.82) is 0 Å². The summed E-state index contributed by atoms with van der Waals surface area (Å²) in [5, 5.41) is 11.5. The Kier molecular flexibility index (Phi) is 6.99. The molecule has 188 valence electrons. The number of hydrogen-bond acceptors (Lipinski definition) is 6. The van der Waals surface area contributed by atoms with Gasteiger partial charge < -0.3 is 24.5 Å². The summed E-state index contributed by atoms with van der Waals surface area (Å²) in [6, 6.07) is 13.7. The van der Waals surface area contributed by atoms with E-state index >= 15 is 0 Å². The SMILES string of the molecule is C=CCN1C(=O)C2(/C(=C(/O)c3ccc(OCC)cc3)C(=O)C(=O)N2CCCN(C)C)c2ccccc21. The van der Waals surface area contributed by atoms with Crippen LogP contribution in [0.4, 0.5) is 5.69 Å². The first-order valence-electron chi connectivity index (χ1n) is 12.0. The summed E-state index contributed by atoms with van der Waals surface area (Å²) in [6.07, 6.45) is 2.14. The topological polar surface area (TPSA) is 90.4 Å². The van der Waals surface area contributed by atoms with Crippen molar-refractivity contribution in [3.63, 3.8) is 0 Å². The maximum atomic E-state index is 14.2. The lowest BCUT2D eigenvalue weighted by atomic mass is 9.82. The predicted molar refractivity (Wildman–Crippen MR) is 138 cm³/mol. The molecule has 0 aromatic heterocycles. The number of para-hydroxylation sites is 1. The molecule has 8 nitrogen and oxygen atoms in total. The van der Waals surface area contributed by atoms with Crippen molar-refractivity contribution in [3.05, 3.63) is 77.9 Å². The van der Waals surface area contributed by atoms with Crippen LogP contribution in [-0.2, 0) is 19.9 Å². The monoisotopic (exact) mass is 489 g/mol. The number of fused-ring (bicyclic) bond motifs is 2. The average molecular weight is 490 g/mol. The Morgan fingerprint density at radius 1 is 1.11 bits per heavy atom. The van der Waals surface area contributed by atoms with Crippen molar-refractivity contribution in [1.82, 2.24) is 9.80 Å². The second-order valence-electron chi connectivity index (χ2n) is 9.06. The molecule has 2 aliphatic rings. The van der Waals surface area contributed by atoms with Crippen molar-refractivity contribution < 1.29 is 24.2 Å². The number of ketones is 1. The van der Waals surface area contributed by atoms with E-state index in [1.807, 2.05) is 25.9 Å². The molecule has 2 aromatic carbocycles. The smallest absolute Gasteiger partial charge is 0.296 e. The third kappa shape index (κ3) is 3.87. The molecular weight excluding hydrogens is 458 g/mol. The van der Waals surface area contributed by atoms with Crippen LogP contribution in [0.3, 0.4) is 0 Å². The zero-order valence-corrected chi connectivity index (χ0v) is 20.9. The predicted octanol–water partition coefficient (Wildman–Crippen LogP) is 3.15. The van der Waals surface area contributed by atoms with Gasteiger partial charge in [-0.1, -0.05) is 24.3 Å². The van der Waals surface area contributed by atoms with E-state index in [1.165, 1.54) is 9.80 Å². The number of anilines is 1. The van der Waals surface area contributed by atoms with E-state index in [1.54, 1.807) is 54.6 Å². The van der Waals surface area contributed by atoms with Gasteiger partial charge in [0.2, 0.25) is 0 Å². The number of benzene rings is 2. The Morgan fingerprint density at radius 2 is 1.81 bits per heavy atom. The van der Waals surface area contributed by atoms with Gasteiger partial charge in [0.15, 0.2) is 5.54 Å². The molecule has 1 N–H and O–H groups in total. The van der Waals surface area contributed by atoms with Crippen LogP contribution in [-0.4, -0.2) is 72.8 Å². The highest BCUT2D eigenvalue weighted by atomic mass is 16.5. The third-order valence-corrected chi connectivity index (χ3v) is 6.55. The molecule has 1 spiro atoms. The quantitative estimate of drug-likeness (QED) is 0.252. The summed E-state index contributed by atoms with van der Waals surface area (Å²) in [5.41, 5.74) is -0.585. The van der Waals surface area contributed by atoms with Crippen LogP contribution in [0.5, 0.6) is 5.75 Å². The minimum absolute atomic E-state index is 0.171. The molecule has 0 bridgehead atoms. The van der Waals surface area contributed by atoms with Crippen molar-refractivity contribution >= 4 is 29.0 Å². The van der Waals surface area contributed by atoms with Crippen LogP contribution < -0.4 is 9.64 Å². The molecule has 1 saturated heterocycles. The minimum atomic E-state index is -1.76. The Morgan fingerprint density at radius 3 is 2.44 bits per heavy atom. The van der Waals surface area contributed by atoms with Gasteiger partial charge in [0.05, 0.1) is 17.9 Å². The number of hydrogen-bond donors (Lipinski definition) is 1. The van der Waals surface area contributed by atoms with Gasteiger partial charge in [0.1, 0.15) is 11.5 Å². The standard InChI is InChI=1S/C28H31N3O5/c1-5-16-30-22-11-8-7-10-21(22)28(27(30)35)23(24(32)19-12-14-20(15-13-19)36-6-2)25(33)26(34)31(28)18-9-17-29(3)4/h5,7-8,10-15,32H,1,6,9,16-18H2,2-4H3/b24-23+. The number of likely N-dealkylation sites (tertiary alicyclic amines) is 1. The molecule has 1 fully saturated rings. The number of aliphatic hydroxyl groups excluding tert-OH is 1. The fraction of sp³-hybridized carbons (Fsp3) is 0.321. The van der Waals surface area contributed by atoms with Gasteiger partial charge in [-0.3, -0.25) is 14.4 Å². The highest BCUT2D eigenvalue weighted by molar-refractivity contribution is 6.50. The van der Waals surface area contributed by atoms with Crippen LogP contribution in [0.2, 0.25) is 0 Å². The first-order chi connectivity index (χ1) is 17.3. The number of ether oxygens (including phenoxy) is 1. The summed E-state index contributed by atoms with van der Waals surface area (Å²) < 4.78 is 5.48. The number of Topliss-reactive ketones (excluding diaryl/α,β-unsaturated/α-hetero) is 1. The van der Waals surface area contributed by atoms with E-state index in [9.17, 15) is 19.5 Å². The summed E-state index contributed by atoms with van der Waals surface area (Å²) >= 11 is 0. The zero-order valence-electron chi connectivity index (χ0n) is 20.9. The molecule has 36 heavy (non-hydrogen) atoms. The van der Waals surface area contributed by atoms with Crippen molar-refractivity contribution in [2.75, 3.05) is 45.2 Å². The summed E-state index contributed by atoms with van der Waals surface area (Å²) in [4.78, 5) is 46.0. The zero-order chi connectivity index (χ0) is 26.0. The van der Waals surface area contributed by atoms with E-state index in [2.05, 4.69) is 6.58 Å². The van der Waals surface area contributed by atoms with Crippen LogP contribution >= 0.6 is 0 Å². The second kappa shape index (κ2) is 9.99. The Labute approximate surface area is 211 Å². The van der Waals surface area contributed by atoms with E-state index in [0.717, 1.165) is 0 Å². The number of carbonyl (C=O) groups excluding carboxylic acids is 3. The fourth-order valence-corrected chi connectivity index (χ4v) is 5.04. The maximum Gasteiger partial charge on any atom is 0.296 e. The average Bonchev–Trinajstić information content (AvgIpc) is 3.23. The molecule has 2 aromatic rings. The molecule has 2 aliphatic heterocycles. The Bertz CT molecular complexity index is 1230. The molecule has 1 atom stereocenters. The summed E-state index contributed by atoms with van der Waals surface area (Å²) in [7, 11) is 3.83. The molecule has 2 heterocycles. The molecule has 8 heteroatoms. The van der Waals surface area contributed by atoms with Crippen molar-refractivity contribution in [2.24, 2.45) is 0 Å². The first kappa shape index (κ1) is 25.2. The molecule has 1 unspecified atom stereocenters. The van der Waals surface area contributed by atoms with Gasteiger partial charge >= 0.3 is 0 Å². The summed E-state index contributed by atoms with van der Waals surface area (Å²) in [6.45, 7) is 7.14. The lowest BCUT2D eigenvalue weighted by Crippen LogP contribution is -2.52. The highest BCUT2D eigenvalue weighted by Gasteiger charge is 2.66. The van der Waals surface area contributed by atoms with E-state index in [4.69, 9.17) is 4.74 Å². The maximum absolute atomic E-state index is 14.2. The third-order valence-electron chi connectivity index (χ3n) is 6.55. The van der Waals surface area contributed by atoms with Gasteiger partial charge in [-0.2, -0.15) is 0 Å². The van der Waals surface area contributed by atoms with Crippen LogP contribution in [0.15, 0.2) is 66.8 Å². The van der Waals surface area contributed by atoms with E-state index in [0.29, 0.717) is 42.1 Å². The van der Waals surface area contributed by atoms with Crippen molar-refractivity contribution in [3.8, 4) is 5.75 Å². The Balaban J connectivity index is 1.96. The van der Waals surface area contributed by atoms with Gasteiger partial charge in [0, 0.05) is 24.2 Å². The number of nitrogens with zero attached hydrogens (tertiary/aromatic N) is 3. The molecule has 0 saturated carbocycles. The van der Waals surface area contributed by atoms with Gasteiger partial charge in [-0.15, -0.1) is 6.58 Å². The molecule has 4 rings (SSSR count). The van der Waals surface area contributed by atoms with Crippen LogP contribution in [0.1, 0.15) is 24.5 Å². The van der Waals surface area contributed by atoms with Crippen molar-refractivity contribution in [2.45, 2.75) is 18.9 Å². The lowest BCUT2D eigenvalue weighted by Gasteiger charge is -2.34. The number of aliphatic hydroxyl groups is 1. The largest absolute Gasteiger partial charge is 0.507 e. The molecule has 0 aliphatic carbocycles. The van der Waals surface area contributed by atoms with E-state index in [-0.39, 0.29) is 18.7 Å².